The number of ether oxygens (including phenoxy) is 1. The van der Waals surface area contributed by atoms with E-state index in [4.69, 9.17) is 16.3 Å². The smallest absolute Gasteiger partial charge is 0.407 e. The van der Waals surface area contributed by atoms with Crippen LogP contribution in [-0.2, 0) is 19.6 Å². The summed E-state index contributed by atoms with van der Waals surface area (Å²) in [5.41, 5.74) is -0.526. The van der Waals surface area contributed by atoms with Crippen LogP contribution in [0.3, 0.4) is 0 Å². The molecule has 1 aliphatic heterocycles. The molecule has 1 N–H and O–H groups in total. The Kier molecular flexibility index (Phi) is 8.35. The van der Waals surface area contributed by atoms with Crippen molar-refractivity contribution in [2.24, 2.45) is 11.8 Å². The molecule has 0 atom stereocenters. The van der Waals surface area contributed by atoms with E-state index in [-0.39, 0.29) is 29.8 Å². The van der Waals surface area contributed by atoms with Gasteiger partial charge in [0.05, 0.1) is 4.90 Å². The zero-order chi connectivity index (χ0) is 26.8. The summed E-state index contributed by atoms with van der Waals surface area (Å²) in [5, 5.41) is 5.14. The van der Waals surface area contributed by atoms with Crippen molar-refractivity contribution in [3.05, 3.63) is 41.4 Å². The minimum Gasteiger partial charge on any atom is -0.444 e. The van der Waals surface area contributed by atoms with E-state index < -0.39 is 21.7 Å². The second kappa shape index (κ2) is 11.2. The molecule has 2 amide bonds. The quantitative estimate of drug-likeness (QED) is 0.585. The summed E-state index contributed by atoms with van der Waals surface area (Å²) in [5.74, 6) is 0.392. The molecular formula is C27H36ClN3O5S. The monoisotopic (exact) mass is 549 g/mol. The molecule has 202 valence electrons. The number of hydrogen-bond acceptors (Lipinski definition) is 5. The number of nitrogens with zero attached hydrogens (tertiary/aromatic N) is 2. The van der Waals surface area contributed by atoms with Crippen LogP contribution in [0, 0.1) is 11.8 Å². The number of carbonyl (C=O) groups excluding carboxylic acids is 2. The van der Waals surface area contributed by atoms with Gasteiger partial charge < -0.3 is 15.0 Å². The van der Waals surface area contributed by atoms with Gasteiger partial charge in [-0.2, -0.15) is 4.31 Å². The average Bonchev–Trinajstić information content (AvgIpc) is 2.86. The summed E-state index contributed by atoms with van der Waals surface area (Å²) in [6.45, 7) is 7.39. The number of halogens is 1. The Labute approximate surface area is 224 Å². The van der Waals surface area contributed by atoms with Crippen molar-refractivity contribution >= 4 is 44.4 Å². The number of carbonyl (C=O) groups is 2. The van der Waals surface area contributed by atoms with Crippen LogP contribution in [0.5, 0.6) is 0 Å². The van der Waals surface area contributed by atoms with Gasteiger partial charge in [0.15, 0.2) is 0 Å². The van der Waals surface area contributed by atoms with Gasteiger partial charge in [-0.05, 0) is 87.4 Å². The van der Waals surface area contributed by atoms with E-state index >= 15 is 0 Å². The van der Waals surface area contributed by atoms with Crippen molar-refractivity contribution in [1.29, 1.82) is 0 Å². The molecule has 1 saturated heterocycles. The van der Waals surface area contributed by atoms with Crippen molar-refractivity contribution in [2.45, 2.75) is 57.0 Å². The third-order valence-electron chi connectivity index (χ3n) is 7.09. The highest BCUT2D eigenvalue weighted by Gasteiger charge is 2.34. The van der Waals surface area contributed by atoms with Gasteiger partial charge in [-0.1, -0.05) is 23.7 Å². The molecule has 2 fully saturated rings. The van der Waals surface area contributed by atoms with Gasteiger partial charge in [-0.25, -0.2) is 13.2 Å². The number of hydrogen-bond donors (Lipinski definition) is 1. The largest absolute Gasteiger partial charge is 0.444 e. The first kappa shape index (κ1) is 27.7. The fourth-order valence-electron chi connectivity index (χ4n) is 5.07. The second-order valence-electron chi connectivity index (χ2n) is 11.0. The molecule has 0 bridgehead atoms. The molecule has 0 spiro atoms. The topological polar surface area (TPSA) is 96.0 Å². The van der Waals surface area contributed by atoms with Gasteiger partial charge >= 0.3 is 6.09 Å². The van der Waals surface area contributed by atoms with Gasteiger partial charge in [0.2, 0.25) is 15.9 Å². The Morgan fingerprint density at radius 1 is 0.973 bits per heavy atom. The predicted molar refractivity (Wildman–Crippen MR) is 144 cm³/mol. The highest BCUT2D eigenvalue weighted by atomic mass is 35.5. The van der Waals surface area contributed by atoms with Crippen LogP contribution in [0.4, 0.5) is 4.79 Å². The van der Waals surface area contributed by atoms with Crippen molar-refractivity contribution < 1.29 is 22.7 Å². The van der Waals surface area contributed by atoms with E-state index in [9.17, 15) is 18.0 Å². The third-order valence-corrected chi connectivity index (χ3v) is 9.22. The minimum absolute atomic E-state index is 0.0479. The lowest BCUT2D eigenvalue weighted by Crippen LogP contribution is -2.52. The summed E-state index contributed by atoms with van der Waals surface area (Å²) in [6, 6.07) is 10.4. The summed E-state index contributed by atoms with van der Waals surface area (Å²) in [7, 11) is -3.65. The molecule has 1 heterocycles. The molecule has 4 rings (SSSR count). The number of piperazine rings is 1. The first-order valence-electron chi connectivity index (χ1n) is 12.9. The Bertz CT molecular complexity index is 1240. The second-order valence-corrected chi connectivity index (χ2v) is 13.4. The van der Waals surface area contributed by atoms with Gasteiger partial charge in [0, 0.05) is 43.7 Å². The molecule has 10 heteroatoms. The van der Waals surface area contributed by atoms with Crippen LogP contribution >= 0.6 is 11.6 Å². The summed E-state index contributed by atoms with van der Waals surface area (Å²) >= 11 is 6.04. The Hall–Kier alpha value is -2.36. The number of alkyl carbamates (subject to hydrolysis) is 1. The first-order chi connectivity index (χ1) is 17.4. The van der Waals surface area contributed by atoms with Crippen LogP contribution in [0.25, 0.3) is 10.8 Å². The molecule has 0 unspecified atom stereocenters. The Balaban J connectivity index is 1.26. The molecule has 2 aliphatic rings. The maximum atomic E-state index is 13.3. The lowest BCUT2D eigenvalue weighted by Gasteiger charge is -2.37. The average molecular weight is 550 g/mol. The number of amides is 2. The van der Waals surface area contributed by atoms with E-state index in [1.807, 2.05) is 32.9 Å². The molecule has 2 aromatic carbocycles. The van der Waals surface area contributed by atoms with Crippen LogP contribution in [-0.4, -0.2) is 67.9 Å². The summed E-state index contributed by atoms with van der Waals surface area (Å²) < 4.78 is 33.3. The first-order valence-corrected chi connectivity index (χ1v) is 14.7. The Morgan fingerprint density at radius 2 is 1.59 bits per heavy atom. The molecule has 1 saturated carbocycles. The van der Waals surface area contributed by atoms with Gasteiger partial charge in [0.25, 0.3) is 0 Å². The Morgan fingerprint density at radius 3 is 2.24 bits per heavy atom. The number of benzene rings is 2. The third kappa shape index (κ3) is 6.94. The number of nitrogens with one attached hydrogen (secondary N) is 1. The normalized spacial score (nSPS) is 21.6. The molecule has 0 radical (unpaired) electrons. The maximum Gasteiger partial charge on any atom is 0.407 e. The van der Waals surface area contributed by atoms with Crippen molar-refractivity contribution in [2.75, 3.05) is 32.7 Å². The van der Waals surface area contributed by atoms with Gasteiger partial charge in [0.1, 0.15) is 5.60 Å². The fraction of sp³-hybridized carbons (Fsp3) is 0.556. The summed E-state index contributed by atoms with van der Waals surface area (Å²) in [6.07, 6.45) is 2.88. The fourth-order valence-corrected chi connectivity index (χ4v) is 6.71. The van der Waals surface area contributed by atoms with E-state index in [0.29, 0.717) is 30.6 Å². The predicted octanol–water partition coefficient (Wildman–Crippen LogP) is 4.66. The zero-order valence-electron chi connectivity index (χ0n) is 21.7. The van der Waals surface area contributed by atoms with E-state index in [1.165, 1.54) is 4.31 Å². The van der Waals surface area contributed by atoms with Crippen LogP contribution in [0.2, 0.25) is 5.02 Å². The molecule has 2 aromatic rings. The van der Waals surface area contributed by atoms with Crippen molar-refractivity contribution in [3.8, 4) is 0 Å². The molecular weight excluding hydrogens is 514 g/mol. The molecule has 1 aliphatic carbocycles. The van der Waals surface area contributed by atoms with Crippen molar-refractivity contribution in [1.82, 2.24) is 14.5 Å². The molecule has 0 aromatic heterocycles. The van der Waals surface area contributed by atoms with Gasteiger partial charge in [-0.15, -0.1) is 0 Å². The minimum atomic E-state index is -3.65. The molecule has 37 heavy (non-hydrogen) atoms. The van der Waals surface area contributed by atoms with E-state index in [2.05, 4.69) is 5.32 Å². The lowest BCUT2D eigenvalue weighted by atomic mass is 9.81. The maximum absolute atomic E-state index is 13.3. The van der Waals surface area contributed by atoms with E-state index in [0.717, 1.165) is 36.5 Å². The zero-order valence-corrected chi connectivity index (χ0v) is 23.3. The van der Waals surface area contributed by atoms with Crippen molar-refractivity contribution in [3.63, 3.8) is 0 Å². The number of rotatable bonds is 5. The van der Waals surface area contributed by atoms with E-state index in [1.54, 1.807) is 29.2 Å². The SMILES string of the molecule is CC(C)(C)OC(=O)NCC1CCC(C(=O)N2CCN(S(=O)(=O)c3ccc4cc(Cl)ccc4c3)CC2)CC1. The summed E-state index contributed by atoms with van der Waals surface area (Å²) in [4.78, 5) is 27.1. The van der Waals surface area contributed by atoms with Crippen LogP contribution in [0.15, 0.2) is 41.3 Å². The standard InChI is InChI=1S/C27H36ClN3O5S/c1-27(2,3)36-26(33)29-18-19-4-6-20(7-5-19)25(32)30-12-14-31(15-13-30)37(34,35)24-11-9-21-16-23(28)10-8-22(21)17-24/h8-11,16-17,19-20H,4-7,12-15,18H2,1-3H3,(H,29,33). The lowest BCUT2D eigenvalue weighted by molar-refractivity contribution is -0.138. The van der Waals surface area contributed by atoms with Crippen LogP contribution in [0.1, 0.15) is 46.5 Å². The molecule has 8 nitrogen and oxygen atoms in total. The number of fused-ring (bicyclic) bond motifs is 1. The van der Waals surface area contributed by atoms with Crippen LogP contribution < -0.4 is 5.32 Å². The highest BCUT2D eigenvalue weighted by molar-refractivity contribution is 7.89. The van der Waals surface area contributed by atoms with Gasteiger partial charge in [-0.3, -0.25) is 4.79 Å². The number of sulfonamides is 1. The highest BCUT2D eigenvalue weighted by Crippen LogP contribution is 2.31.